The maximum Gasteiger partial charge on any atom is 0.296 e. The third-order valence-electron chi connectivity index (χ3n) is 4.87. The highest BCUT2D eigenvalue weighted by Crippen LogP contribution is 2.40. The van der Waals surface area contributed by atoms with Crippen molar-refractivity contribution in [3.8, 4) is 0 Å². The number of amides is 1. The predicted octanol–water partition coefficient (Wildman–Crippen LogP) is 4.21. The molecule has 0 bridgehead atoms. The topological polar surface area (TPSA) is 70.8 Å². The summed E-state index contributed by atoms with van der Waals surface area (Å²) in [6.45, 7) is 2.17. The quantitative estimate of drug-likeness (QED) is 0.422. The zero-order valence-corrected chi connectivity index (χ0v) is 15.3. The van der Waals surface area contributed by atoms with Crippen molar-refractivity contribution in [1.82, 2.24) is 4.90 Å². The first-order chi connectivity index (χ1) is 13.6. The van der Waals surface area contributed by atoms with Crippen molar-refractivity contribution < 1.29 is 19.1 Å². The zero-order valence-electron chi connectivity index (χ0n) is 15.3. The molecule has 2 aromatic carbocycles. The molecule has 0 radical (unpaired) electrons. The van der Waals surface area contributed by atoms with Gasteiger partial charge in [0.05, 0.1) is 11.8 Å². The molecule has 1 aliphatic rings. The molecule has 0 saturated carbocycles. The maximum atomic E-state index is 12.8. The van der Waals surface area contributed by atoms with E-state index in [1.54, 1.807) is 24.3 Å². The van der Waals surface area contributed by atoms with Gasteiger partial charge in [0.1, 0.15) is 17.6 Å². The molecule has 4 rings (SSSR count). The molecule has 1 amide bonds. The minimum atomic E-state index is -0.781. The highest BCUT2D eigenvalue weighted by atomic mass is 16.3. The fourth-order valence-electron chi connectivity index (χ4n) is 3.43. The lowest BCUT2D eigenvalue weighted by molar-refractivity contribution is -0.140. The van der Waals surface area contributed by atoms with Crippen LogP contribution in [0, 0.1) is 6.92 Å². The van der Waals surface area contributed by atoms with E-state index in [2.05, 4.69) is 0 Å². The number of likely N-dealkylation sites (tertiary alicyclic amines) is 1. The molecule has 1 aromatic heterocycles. The van der Waals surface area contributed by atoms with Gasteiger partial charge in [0.25, 0.3) is 11.7 Å². The number of nitrogens with zero attached hydrogens (tertiary/aromatic N) is 1. The summed E-state index contributed by atoms with van der Waals surface area (Å²) in [5, 5.41) is 10.9. The Bertz CT molecular complexity index is 1030. The second-order valence-electron chi connectivity index (χ2n) is 6.79. The molecule has 3 aromatic rings. The summed E-state index contributed by atoms with van der Waals surface area (Å²) in [7, 11) is 0. The van der Waals surface area contributed by atoms with E-state index in [1.807, 2.05) is 49.4 Å². The molecular formula is C23H19NO4. The highest BCUT2D eigenvalue weighted by molar-refractivity contribution is 6.46. The van der Waals surface area contributed by atoms with Crippen LogP contribution in [0.25, 0.3) is 5.76 Å². The first-order valence-corrected chi connectivity index (χ1v) is 8.99. The van der Waals surface area contributed by atoms with Gasteiger partial charge in [0.15, 0.2) is 0 Å². The van der Waals surface area contributed by atoms with Crippen LogP contribution in [0.2, 0.25) is 0 Å². The molecule has 1 fully saturated rings. The molecule has 5 heteroatoms. The molecule has 28 heavy (non-hydrogen) atoms. The summed E-state index contributed by atoms with van der Waals surface area (Å²) >= 11 is 0. The molecule has 1 atom stereocenters. The Balaban J connectivity index is 1.83. The standard InChI is InChI=1S/C23H19NO4/c1-15-9-11-17(12-10-15)21(25)19-20(18-8-5-13-28-18)24(23(27)22(19)26)14-16-6-3-2-4-7-16/h2-13,20,25H,14H2,1H3. The van der Waals surface area contributed by atoms with Gasteiger partial charge in [-0.2, -0.15) is 0 Å². The molecular weight excluding hydrogens is 354 g/mol. The van der Waals surface area contributed by atoms with Gasteiger partial charge in [0, 0.05) is 12.1 Å². The lowest BCUT2D eigenvalue weighted by atomic mass is 9.98. The third-order valence-corrected chi connectivity index (χ3v) is 4.87. The number of aliphatic hydroxyl groups is 1. The number of ketones is 1. The number of rotatable bonds is 4. The van der Waals surface area contributed by atoms with Crippen molar-refractivity contribution in [2.24, 2.45) is 0 Å². The van der Waals surface area contributed by atoms with Crippen LogP contribution in [0.5, 0.6) is 0 Å². The van der Waals surface area contributed by atoms with Crippen LogP contribution in [0.4, 0.5) is 0 Å². The van der Waals surface area contributed by atoms with Gasteiger partial charge in [0.2, 0.25) is 0 Å². The summed E-state index contributed by atoms with van der Waals surface area (Å²) in [4.78, 5) is 27.1. The van der Waals surface area contributed by atoms with Crippen molar-refractivity contribution in [1.29, 1.82) is 0 Å². The minimum Gasteiger partial charge on any atom is -0.507 e. The van der Waals surface area contributed by atoms with E-state index in [4.69, 9.17) is 4.42 Å². The summed E-state index contributed by atoms with van der Waals surface area (Å²) in [6, 6.07) is 19.2. The fraction of sp³-hybridized carbons (Fsp3) is 0.130. The van der Waals surface area contributed by atoms with E-state index >= 15 is 0 Å². The lowest BCUT2D eigenvalue weighted by Gasteiger charge is -2.23. The van der Waals surface area contributed by atoms with Crippen LogP contribution in [0.15, 0.2) is 83.0 Å². The average Bonchev–Trinajstić information content (AvgIpc) is 3.32. The van der Waals surface area contributed by atoms with Crippen molar-refractivity contribution in [2.45, 2.75) is 19.5 Å². The normalized spacial score (nSPS) is 18.6. The number of hydrogen-bond acceptors (Lipinski definition) is 4. The molecule has 0 spiro atoms. The number of carbonyl (C=O) groups excluding carboxylic acids is 2. The first kappa shape index (κ1) is 17.8. The van der Waals surface area contributed by atoms with Gasteiger partial charge in [-0.3, -0.25) is 9.59 Å². The van der Waals surface area contributed by atoms with E-state index < -0.39 is 17.7 Å². The van der Waals surface area contributed by atoms with Crippen LogP contribution in [0.1, 0.15) is 28.5 Å². The van der Waals surface area contributed by atoms with Crippen LogP contribution < -0.4 is 0 Å². The van der Waals surface area contributed by atoms with Crippen molar-refractivity contribution in [3.05, 3.63) is 101 Å². The summed E-state index contributed by atoms with van der Waals surface area (Å²) in [5.41, 5.74) is 2.44. The van der Waals surface area contributed by atoms with Gasteiger partial charge in [-0.25, -0.2) is 0 Å². The van der Waals surface area contributed by atoms with E-state index in [0.717, 1.165) is 11.1 Å². The van der Waals surface area contributed by atoms with E-state index in [1.165, 1.54) is 11.2 Å². The minimum absolute atomic E-state index is 0.0414. The maximum absolute atomic E-state index is 12.8. The Morgan fingerprint density at radius 3 is 2.36 bits per heavy atom. The van der Waals surface area contributed by atoms with Crippen molar-refractivity contribution in [3.63, 3.8) is 0 Å². The number of furan rings is 1. The van der Waals surface area contributed by atoms with E-state index in [-0.39, 0.29) is 17.9 Å². The van der Waals surface area contributed by atoms with Gasteiger partial charge < -0.3 is 14.4 Å². The molecule has 1 saturated heterocycles. The molecule has 1 unspecified atom stereocenters. The second-order valence-corrected chi connectivity index (χ2v) is 6.79. The number of Topliss-reactive ketones (excluding diaryl/α,β-unsaturated/α-hetero) is 1. The molecule has 2 heterocycles. The Labute approximate surface area is 162 Å². The molecule has 1 N–H and O–H groups in total. The molecule has 5 nitrogen and oxygen atoms in total. The van der Waals surface area contributed by atoms with Crippen LogP contribution >= 0.6 is 0 Å². The zero-order chi connectivity index (χ0) is 19.7. The monoisotopic (exact) mass is 373 g/mol. The SMILES string of the molecule is Cc1ccc(C(O)=C2C(=O)C(=O)N(Cc3ccccc3)C2c2ccco2)cc1. The third kappa shape index (κ3) is 3.11. The van der Waals surface area contributed by atoms with Gasteiger partial charge >= 0.3 is 0 Å². The first-order valence-electron chi connectivity index (χ1n) is 8.99. The lowest BCUT2D eigenvalue weighted by Crippen LogP contribution is -2.29. The Kier molecular flexibility index (Phi) is 4.57. The number of carbonyl (C=O) groups is 2. The molecule has 140 valence electrons. The Hall–Kier alpha value is -3.60. The Morgan fingerprint density at radius 2 is 1.71 bits per heavy atom. The van der Waals surface area contributed by atoms with Crippen LogP contribution in [-0.4, -0.2) is 21.7 Å². The van der Waals surface area contributed by atoms with Gasteiger partial charge in [-0.15, -0.1) is 0 Å². The molecule has 1 aliphatic heterocycles. The van der Waals surface area contributed by atoms with Crippen LogP contribution in [0.3, 0.4) is 0 Å². The number of hydrogen-bond donors (Lipinski definition) is 1. The van der Waals surface area contributed by atoms with Crippen molar-refractivity contribution >= 4 is 17.4 Å². The largest absolute Gasteiger partial charge is 0.507 e. The fourth-order valence-corrected chi connectivity index (χ4v) is 3.43. The highest BCUT2D eigenvalue weighted by Gasteiger charge is 2.47. The average molecular weight is 373 g/mol. The summed E-state index contributed by atoms with van der Waals surface area (Å²) in [5.74, 6) is -1.13. The van der Waals surface area contributed by atoms with E-state index in [0.29, 0.717) is 11.3 Å². The predicted molar refractivity (Wildman–Crippen MR) is 104 cm³/mol. The van der Waals surface area contributed by atoms with Gasteiger partial charge in [-0.05, 0) is 24.6 Å². The van der Waals surface area contributed by atoms with Crippen LogP contribution in [-0.2, 0) is 16.1 Å². The summed E-state index contributed by atoms with van der Waals surface area (Å²) in [6.07, 6.45) is 1.49. The number of benzene rings is 2. The number of aryl methyl sites for hydroxylation is 1. The molecule has 0 aliphatic carbocycles. The Morgan fingerprint density at radius 1 is 1.00 bits per heavy atom. The second kappa shape index (κ2) is 7.19. The summed E-state index contributed by atoms with van der Waals surface area (Å²) < 4.78 is 5.53. The van der Waals surface area contributed by atoms with Crippen molar-refractivity contribution in [2.75, 3.05) is 0 Å². The smallest absolute Gasteiger partial charge is 0.296 e. The van der Waals surface area contributed by atoms with Gasteiger partial charge in [-0.1, -0.05) is 60.2 Å². The number of aliphatic hydroxyl groups excluding tert-OH is 1. The van der Waals surface area contributed by atoms with E-state index in [9.17, 15) is 14.7 Å².